The van der Waals surface area contributed by atoms with Gasteiger partial charge in [-0.2, -0.15) is 5.10 Å². The summed E-state index contributed by atoms with van der Waals surface area (Å²) in [5, 5.41) is 9.26. The average molecular weight is 354 g/mol. The van der Waals surface area contributed by atoms with Crippen molar-refractivity contribution in [1.82, 2.24) is 20.4 Å². The van der Waals surface area contributed by atoms with Gasteiger partial charge in [0.2, 0.25) is 0 Å². The van der Waals surface area contributed by atoms with E-state index >= 15 is 0 Å². The molecule has 1 unspecified atom stereocenters. The highest BCUT2D eigenvalue weighted by molar-refractivity contribution is 5.95. The van der Waals surface area contributed by atoms with E-state index < -0.39 is 5.56 Å². The zero-order chi connectivity index (χ0) is 18.5. The molecule has 1 amide bonds. The number of aromatic amines is 1. The van der Waals surface area contributed by atoms with Crippen LogP contribution in [0.2, 0.25) is 0 Å². The van der Waals surface area contributed by atoms with Crippen LogP contribution in [0.4, 0.5) is 0 Å². The molecule has 2 N–H and O–H groups in total. The molecule has 26 heavy (non-hydrogen) atoms. The summed E-state index contributed by atoms with van der Waals surface area (Å²) in [6.45, 7) is 6.00. The van der Waals surface area contributed by atoms with E-state index in [4.69, 9.17) is 0 Å². The van der Waals surface area contributed by atoms with Crippen LogP contribution in [-0.2, 0) is 6.54 Å². The van der Waals surface area contributed by atoms with E-state index in [0.29, 0.717) is 17.8 Å². The molecule has 1 atom stereocenters. The van der Waals surface area contributed by atoms with E-state index in [0.717, 1.165) is 19.5 Å². The zero-order valence-corrected chi connectivity index (χ0v) is 15.4. The van der Waals surface area contributed by atoms with Crippen LogP contribution >= 0.6 is 0 Å². The summed E-state index contributed by atoms with van der Waals surface area (Å²) in [5.41, 5.74) is 2.32. The summed E-state index contributed by atoms with van der Waals surface area (Å²) in [5.74, 6) is -0.320. The van der Waals surface area contributed by atoms with E-state index in [2.05, 4.69) is 44.7 Å². The van der Waals surface area contributed by atoms with E-state index in [-0.39, 0.29) is 17.5 Å². The molecule has 0 spiro atoms. The lowest BCUT2D eigenvalue weighted by molar-refractivity contribution is 0.0905. The molecule has 6 nitrogen and oxygen atoms in total. The van der Waals surface area contributed by atoms with Crippen LogP contribution in [-0.4, -0.2) is 40.1 Å². The van der Waals surface area contributed by atoms with Crippen molar-refractivity contribution in [3.63, 3.8) is 0 Å². The molecule has 1 fully saturated rings. The van der Waals surface area contributed by atoms with Gasteiger partial charge in [0.05, 0.1) is 5.69 Å². The number of aromatic nitrogens is 2. The van der Waals surface area contributed by atoms with Crippen LogP contribution in [0.5, 0.6) is 0 Å². The lowest BCUT2D eigenvalue weighted by atomic mass is 10.0. The minimum atomic E-state index is -0.435. The lowest BCUT2D eigenvalue weighted by Gasteiger charge is -2.36. The second kappa shape index (κ2) is 8.27. The number of hydrogen-bond donors (Lipinski definition) is 2. The largest absolute Gasteiger partial charge is 0.350 e. The van der Waals surface area contributed by atoms with E-state index in [1.807, 2.05) is 6.07 Å². The molecule has 1 saturated heterocycles. The Morgan fingerprint density at radius 3 is 2.81 bits per heavy atom. The molecule has 2 heterocycles. The highest BCUT2D eigenvalue weighted by Gasteiger charge is 2.24. The molecule has 0 radical (unpaired) electrons. The summed E-state index contributed by atoms with van der Waals surface area (Å²) in [6.07, 6.45) is 3.40. The molecule has 1 aromatic heterocycles. The van der Waals surface area contributed by atoms with Gasteiger partial charge in [0, 0.05) is 19.1 Å². The summed E-state index contributed by atoms with van der Waals surface area (Å²) in [7, 11) is 0. The quantitative estimate of drug-likeness (QED) is 0.863. The third-order valence-electron chi connectivity index (χ3n) is 5.17. The van der Waals surface area contributed by atoms with Crippen molar-refractivity contribution in [3.05, 3.63) is 63.1 Å². The van der Waals surface area contributed by atoms with Crippen LogP contribution in [0.1, 0.15) is 46.4 Å². The molecule has 0 bridgehead atoms. The van der Waals surface area contributed by atoms with Crippen molar-refractivity contribution in [3.8, 4) is 0 Å². The van der Waals surface area contributed by atoms with Crippen molar-refractivity contribution in [2.75, 3.05) is 13.1 Å². The van der Waals surface area contributed by atoms with Crippen molar-refractivity contribution < 1.29 is 4.79 Å². The average Bonchev–Trinajstić information content (AvgIpc) is 2.65. The fourth-order valence-electron chi connectivity index (χ4n) is 3.52. The molecule has 0 saturated carbocycles. The molecule has 2 aromatic rings. The highest BCUT2D eigenvalue weighted by atomic mass is 16.2. The number of carbonyl (C=O) groups excluding carboxylic acids is 1. The summed E-state index contributed by atoms with van der Waals surface area (Å²) < 4.78 is 0. The molecule has 1 aliphatic heterocycles. The molecule has 0 aliphatic carbocycles. The summed E-state index contributed by atoms with van der Waals surface area (Å²) >= 11 is 0. The molecule has 1 aromatic carbocycles. The molecule has 3 rings (SSSR count). The number of likely N-dealkylation sites (tertiary alicyclic amines) is 1. The molecule has 138 valence electrons. The number of nitrogens with one attached hydrogen (secondary N) is 2. The standard InChI is InChI=1S/C20H26N4O2/c1-14-15(2)22-23-20(26)18(14)19(25)21-12-17-10-6-7-11-24(17)13-16-8-4-3-5-9-16/h3-5,8-9,17H,6-7,10-13H2,1-2H3,(H,21,25)(H,23,26). The zero-order valence-electron chi connectivity index (χ0n) is 15.4. The Morgan fingerprint density at radius 2 is 2.04 bits per heavy atom. The fraction of sp³-hybridized carbons (Fsp3) is 0.450. The molecular weight excluding hydrogens is 328 g/mol. The van der Waals surface area contributed by atoms with Crippen molar-refractivity contribution >= 4 is 5.91 Å². The van der Waals surface area contributed by atoms with Crippen LogP contribution < -0.4 is 10.9 Å². The topological polar surface area (TPSA) is 78.1 Å². The van der Waals surface area contributed by atoms with Crippen LogP contribution in [0.3, 0.4) is 0 Å². The number of rotatable bonds is 5. The van der Waals surface area contributed by atoms with Gasteiger partial charge in [0.1, 0.15) is 5.56 Å². The van der Waals surface area contributed by atoms with Gasteiger partial charge in [0.25, 0.3) is 11.5 Å². The maximum absolute atomic E-state index is 12.6. The maximum Gasteiger partial charge on any atom is 0.277 e. The maximum atomic E-state index is 12.6. The van der Waals surface area contributed by atoms with E-state index in [1.165, 1.54) is 18.4 Å². The smallest absolute Gasteiger partial charge is 0.277 e. The Bertz CT molecular complexity index is 816. The third kappa shape index (κ3) is 4.19. The number of piperidine rings is 1. The number of amides is 1. The SMILES string of the molecule is Cc1n[nH]c(=O)c(C(=O)NCC2CCCCN2Cc2ccccc2)c1C. The normalized spacial score (nSPS) is 17.8. The summed E-state index contributed by atoms with van der Waals surface area (Å²) in [6, 6.07) is 10.7. The van der Waals surface area contributed by atoms with E-state index in [1.54, 1.807) is 13.8 Å². The second-order valence-electron chi connectivity index (χ2n) is 6.95. The Morgan fingerprint density at radius 1 is 1.27 bits per heavy atom. The number of hydrogen-bond acceptors (Lipinski definition) is 4. The number of aryl methyl sites for hydroxylation is 1. The Labute approximate surface area is 153 Å². The Balaban J connectivity index is 1.66. The van der Waals surface area contributed by atoms with Crippen LogP contribution in [0.25, 0.3) is 0 Å². The number of nitrogens with zero attached hydrogens (tertiary/aromatic N) is 2. The van der Waals surface area contributed by atoms with Gasteiger partial charge < -0.3 is 5.32 Å². The minimum absolute atomic E-state index is 0.169. The van der Waals surface area contributed by atoms with Crippen LogP contribution in [0.15, 0.2) is 35.1 Å². The van der Waals surface area contributed by atoms with Gasteiger partial charge in [-0.05, 0) is 44.4 Å². The Kier molecular flexibility index (Phi) is 5.83. The van der Waals surface area contributed by atoms with Crippen molar-refractivity contribution in [2.45, 2.75) is 45.7 Å². The van der Waals surface area contributed by atoms with Crippen LogP contribution in [0, 0.1) is 13.8 Å². The predicted molar refractivity (Wildman–Crippen MR) is 101 cm³/mol. The number of H-pyrrole nitrogens is 1. The first-order chi connectivity index (χ1) is 12.6. The first kappa shape index (κ1) is 18.3. The molecule has 6 heteroatoms. The first-order valence-corrected chi connectivity index (χ1v) is 9.18. The van der Waals surface area contributed by atoms with Gasteiger partial charge in [-0.3, -0.25) is 14.5 Å². The highest BCUT2D eigenvalue weighted by Crippen LogP contribution is 2.19. The van der Waals surface area contributed by atoms with Gasteiger partial charge in [0.15, 0.2) is 0 Å². The van der Waals surface area contributed by atoms with Gasteiger partial charge in [-0.1, -0.05) is 36.8 Å². The third-order valence-corrected chi connectivity index (χ3v) is 5.17. The second-order valence-corrected chi connectivity index (χ2v) is 6.95. The van der Waals surface area contributed by atoms with Gasteiger partial charge >= 0.3 is 0 Å². The van der Waals surface area contributed by atoms with E-state index in [9.17, 15) is 9.59 Å². The van der Waals surface area contributed by atoms with Crippen molar-refractivity contribution in [2.24, 2.45) is 0 Å². The summed E-state index contributed by atoms with van der Waals surface area (Å²) in [4.78, 5) is 27.0. The molecular formula is C20H26N4O2. The predicted octanol–water partition coefficient (Wildman–Crippen LogP) is 2.17. The monoisotopic (exact) mass is 354 g/mol. The number of benzene rings is 1. The minimum Gasteiger partial charge on any atom is -0.350 e. The van der Waals surface area contributed by atoms with Gasteiger partial charge in [-0.15, -0.1) is 0 Å². The lowest BCUT2D eigenvalue weighted by Crippen LogP contribution is -2.47. The van der Waals surface area contributed by atoms with Crippen molar-refractivity contribution in [1.29, 1.82) is 0 Å². The first-order valence-electron chi connectivity index (χ1n) is 9.18. The number of carbonyl (C=O) groups is 1. The van der Waals surface area contributed by atoms with Gasteiger partial charge in [-0.25, -0.2) is 5.10 Å². The molecule has 1 aliphatic rings. The fourth-order valence-corrected chi connectivity index (χ4v) is 3.52. The Hall–Kier alpha value is -2.47.